The van der Waals surface area contributed by atoms with Crippen molar-refractivity contribution in [3.8, 4) is 0 Å². The number of nitrogens with two attached hydrogens (primary N) is 1. The highest BCUT2D eigenvalue weighted by atomic mass is 32.2. The molecule has 0 aromatic heterocycles. The van der Waals surface area contributed by atoms with Crippen molar-refractivity contribution in [2.75, 3.05) is 18.8 Å². The van der Waals surface area contributed by atoms with Crippen molar-refractivity contribution < 1.29 is 17.2 Å². The molecular weight excluding hydrogens is 276 g/mol. The smallest absolute Gasteiger partial charge is 0.256 e. The molecule has 0 spiro atoms. The summed E-state index contributed by atoms with van der Waals surface area (Å²) in [6, 6.07) is 1.26. The summed E-state index contributed by atoms with van der Waals surface area (Å²) in [5, 5.41) is 1.51. The molecule has 1 aromatic carbocycles. The molecule has 8 heteroatoms. The average Bonchev–Trinajstić information content (AvgIpc) is 2.34. The molecule has 0 unspecified atom stereocenters. The van der Waals surface area contributed by atoms with E-state index in [9.17, 15) is 17.2 Å². The van der Waals surface area contributed by atoms with Gasteiger partial charge in [0.05, 0.1) is 5.69 Å². The summed E-state index contributed by atoms with van der Waals surface area (Å²) in [5.41, 5.74) is 4.87. The Morgan fingerprint density at radius 2 is 1.74 bits per heavy atom. The predicted molar refractivity (Wildman–Crippen MR) is 66.5 cm³/mol. The van der Waals surface area contributed by atoms with Gasteiger partial charge in [-0.15, -0.1) is 4.83 Å². The Bertz CT molecular complexity index is 572. The van der Waals surface area contributed by atoms with E-state index >= 15 is 0 Å². The molecule has 0 atom stereocenters. The van der Waals surface area contributed by atoms with Crippen LogP contribution in [-0.4, -0.2) is 26.5 Å². The van der Waals surface area contributed by atoms with Crippen LogP contribution in [0.1, 0.15) is 19.3 Å². The van der Waals surface area contributed by atoms with Crippen molar-refractivity contribution in [3.63, 3.8) is 0 Å². The van der Waals surface area contributed by atoms with Gasteiger partial charge in [-0.05, 0) is 18.9 Å². The molecule has 5 nitrogen and oxygen atoms in total. The minimum Gasteiger partial charge on any atom is -0.396 e. The maximum Gasteiger partial charge on any atom is 0.256 e. The number of hydrazine groups is 1. The minimum absolute atomic E-state index is 0.402. The van der Waals surface area contributed by atoms with Crippen LogP contribution in [-0.2, 0) is 10.0 Å². The van der Waals surface area contributed by atoms with E-state index in [1.54, 1.807) is 0 Å². The van der Waals surface area contributed by atoms with Crippen molar-refractivity contribution in [2.45, 2.75) is 24.2 Å². The lowest BCUT2D eigenvalue weighted by atomic mass is 10.2. The Morgan fingerprint density at radius 3 is 2.37 bits per heavy atom. The zero-order chi connectivity index (χ0) is 14.0. The van der Waals surface area contributed by atoms with E-state index in [0.29, 0.717) is 19.2 Å². The lowest BCUT2D eigenvalue weighted by Gasteiger charge is -2.26. The fourth-order valence-corrected chi connectivity index (χ4v) is 3.17. The van der Waals surface area contributed by atoms with E-state index in [4.69, 9.17) is 5.73 Å². The van der Waals surface area contributed by atoms with Gasteiger partial charge in [-0.1, -0.05) is 6.42 Å². The number of anilines is 1. The van der Waals surface area contributed by atoms with E-state index < -0.39 is 32.2 Å². The highest BCUT2D eigenvalue weighted by molar-refractivity contribution is 7.89. The fraction of sp³-hybridized carbons (Fsp3) is 0.455. The Hall–Kier alpha value is -1.25. The van der Waals surface area contributed by atoms with E-state index in [2.05, 4.69) is 4.83 Å². The normalized spacial score (nSPS) is 17.6. The van der Waals surface area contributed by atoms with Crippen molar-refractivity contribution in [2.24, 2.45) is 0 Å². The Kier molecular flexibility index (Phi) is 4.02. The molecule has 1 saturated heterocycles. The monoisotopic (exact) mass is 291 g/mol. The van der Waals surface area contributed by atoms with Gasteiger partial charge in [-0.2, -0.15) is 0 Å². The van der Waals surface area contributed by atoms with Gasteiger partial charge in [-0.3, -0.25) is 0 Å². The molecule has 1 aromatic rings. The topological polar surface area (TPSA) is 75.4 Å². The van der Waals surface area contributed by atoms with Crippen LogP contribution in [0.3, 0.4) is 0 Å². The molecule has 3 N–H and O–H groups in total. The van der Waals surface area contributed by atoms with Crippen molar-refractivity contribution in [1.82, 2.24) is 9.84 Å². The zero-order valence-electron chi connectivity index (χ0n) is 10.2. The van der Waals surface area contributed by atoms with Crippen LogP contribution in [0.2, 0.25) is 0 Å². The molecular formula is C11H15F2N3O2S. The first-order valence-corrected chi connectivity index (χ1v) is 7.40. The third kappa shape index (κ3) is 3.20. The highest BCUT2D eigenvalue weighted by Crippen LogP contribution is 2.21. The molecule has 106 valence electrons. The molecule has 2 rings (SSSR count). The van der Waals surface area contributed by atoms with E-state index in [1.807, 2.05) is 0 Å². The summed E-state index contributed by atoms with van der Waals surface area (Å²) in [7, 11) is -4.08. The predicted octanol–water partition coefficient (Wildman–Crippen LogP) is 1.23. The summed E-state index contributed by atoms with van der Waals surface area (Å²) < 4.78 is 50.6. The molecule has 0 saturated carbocycles. The summed E-state index contributed by atoms with van der Waals surface area (Å²) in [5.74, 6) is -2.13. The molecule has 19 heavy (non-hydrogen) atoms. The summed E-state index contributed by atoms with van der Waals surface area (Å²) in [6.07, 6.45) is 2.78. The van der Waals surface area contributed by atoms with Crippen molar-refractivity contribution >= 4 is 15.7 Å². The Labute approximate surface area is 110 Å². The zero-order valence-corrected chi connectivity index (χ0v) is 11.0. The molecule has 0 bridgehead atoms. The van der Waals surface area contributed by atoms with Crippen LogP contribution >= 0.6 is 0 Å². The van der Waals surface area contributed by atoms with Gasteiger partial charge < -0.3 is 5.73 Å². The minimum atomic E-state index is -4.08. The second-order valence-corrected chi connectivity index (χ2v) is 6.08. The Morgan fingerprint density at radius 1 is 1.11 bits per heavy atom. The number of benzene rings is 1. The van der Waals surface area contributed by atoms with Crippen molar-refractivity contribution in [3.05, 3.63) is 23.8 Å². The van der Waals surface area contributed by atoms with Crippen LogP contribution in [0.4, 0.5) is 14.5 Å². The average molecular weight is 291 g/mol. The van der Waals surface area contributed by atoms with Gasteiger partial charge in [-0.25, -0.2) is 22.2 Å². The fourth-order valence-electron chi connectivity index (χ4n) is 1.96. The van der Waals surface area contributed by atoms with Crippen molar-refractivity contribution in [1.29, 1.82) is 0 Å². The first-order chi connectivity index (χ1) is 8.90. The van der Waals surface area contributed by atoms with E-state index in [0.717, 1.165) is 25.3 Å². The molecule has 1 fully saturated rings. The van der Waals surface area contributed by atoms with Gasteiger partial charge in [0, 0.05) is 19.2 Å². The summed E-state index contributed by atoms with van der Waals surface area (Å²) >= 11 is 0. The molecule has 0 radical (unpaired) electrons. The summed E-state index contributed by atoms with van der Waals surface area (Å²) in [6.45, 7) is 1.13. The number of hydrogen-bond donors (Lipinski definition) is 2. The number of piperidine rings is 1. The maximum absolute atomic E-state index is 13.5. The van der Waals surface area contributed by atoms with Gasteiger partial charge in [0.25, 0.3) is 10.0 Å². The third-order valence-electron chi connectivity index (χ3n) is 2.95. The number of nitrogens with zero attached hydrogens (tertiary/aromatic N) is 1. The number of hydrogen-bond acceptors (Lipinski definition) is 4. The third-order valence-corrected chi connectivity index (χ3v) is 4.34. The van der Waals surface area contributed by atoms with Crippen LogP contribution in [0.15, 0.2) is 17.0 Å². The van der Waals surface area contributed by atoms with Gasteiger partial charge >= 0.3 is 0 Å². The largest absolute Gasteiger partial charge is 0.396 e. The van der Waals surface area contributed by atoms with Gasteiger partial charge in [0.2, 0.25) is 0 Å². The molecule has 0 amide bonds. The lowest BCUT2D eigenvalue weighted by Crippen LogP contribution is -2.45. The van der Waals surface area contributed by atoms with E-state index in [1.165, 1.54) is 5.01 Å². The number of rotatable bonds is 3. The van der Waals surface area contributed by atoms with Crippen LogP contribution < -0.4 is 10.6 Å². The van der Waals surface area contributed by atoms with E-state index in [-0.39, 0.29) is 0 Å². The Balaban J connectivity index is 2.26. The van der Waals surface area contributed by atoms with Crippen LogP contribution in [0, 0.1) is 11.6 Å². The van der Waals surface area contributed by atoms with Gasteiger partial charge in [0.15, 0.2) is 0 Å². The van der Waals surface area contributed by atoms with Crippen LogP contribution in [0.5, 0.6) is 0 Å². The molecule has 1 heterocycles. The standard InChI is InChI=1S/C11H15F2N3O2S/c12-8-6-9(13)11(7-10(8)14)19(17,18)15-16-4-2-1-3-5-16/h6-7,15H,1-5,14H2. The molecule has 0 aliphatic carbocycles. The first-order valence-electron chi connectivity index (χ1n) is 5.92. The lowest BCUT2D eigenvalue weighted by molar-refractivity contribution is 0.199. The number of sulfonamides is 1. The second kappa shape index (κ2) is 5.40. The molecule has 1 aliphatic heterocycles. The quantitative estimate of drug-likeness (QED) is 0.821. The number of halogens is 2. The number of nitrogen functional groups attached to an aromatic ring is 1. The highest BCUT2D eigenvalue weighted by Gasteiger charge is 2.24. The second-order valence-electron chi connectivity index (χ2n) is 4.45. The molecule has 1 aliphatic rings. The SMILES string of the molecule is Nc1cc(S(=O)(=O)NN2CCCCC2)c(F)cc1F. The maximum atomic E-state index is 13.5. The van der Waals surface area contributed by atoms with Crippen LogP contribution in [0.25, 0.3) is 0 Å². The first kappa shape index (κ1) is 14.2. The summed E-state index contributed by atoms with van der Waals surface area (Å²) in [4.78, 5) is 1.64. The van der Waals surface area contributed by atoms with Gasteiger partial charge in [0.1, 0.15) is 16.5 Å². The number of nitrogens with one attached hydrogen (secondary N) is 1.